The van der Waals surface area contributed by atoms with Crippen LogP contribution in [0.1, 0.15) is 255 Å². The van der Waals surface area contributed by atoms with Crippen molar-refractivity contribution in [3.8, 4) is 11.5 Å². The van der Waals surface area contributed by atoms with E-state index in [2.05, 4.69) is 13.8 Å². The molecule has 0 spiro atoms. The molecule has 2 fully saturated rings. The number of rotatable bonds is 37. The number of hydrogen-bond donors (Lipinski definition) is 0. The molecule has 4 rings (SSSR count). The van der Waals surface area contributed by atoms with Crippen molar-refractivity contribution in [3.63, 3.8) is 0 Å². The Kier molecular flexibility index (Phi) is 28.7. The summed E-state index contributed by atoms with van der Waals surface area (Å²) >= 11 is 0. The molecule has 0 N–H and O–H groups in total. The van der Waals surface area contributed by atoms with Crippen molar-refractivity contribution in [2.45, 2.75) is 244 Å². The smallest absolute Gasteiger partial charge is 0.202 e. The SMILES string of the molecule is CCCCCC1CCC(c2ccc(OCCCCCCCCCCCP(=O)(CCCCCCCCCCCOc3ccc(C4CCC(CCCCC)CC4)c(F)c3F)OC)c(F)c2F)CC1. The van der Waals surface area contributed by atoms with Gasteiger partial charge < -0.3 is 14.0 Å². The third kappa shape index (κ3) is 20.9. The summed E-state index contributed by atoms with van der Waals surface area (Å²) in [7, 11) is -0.949. The van der Waals surface area contributed by atoms with Crippen LogP contribution >= 0.6 is 7.37 Å². The molecule has 2 aromatic carbocycles. The number of benzene rings is 2. The Bertz CT molecular complexity index is 1510. The summed E-state index contributed by atoms with van der Waals surface area (Å²) in [6.45, 7) is 5.27. The Morgan fingerprint density at radius 3 is 1.11 bits per heavy atom. The van der Waals surface area contributed by atoms with E-state index in [1.165, 1.54) is 77.0 Å². The van der Waals surface area contributed by atoms with Gasteiger partial charge in [0.25, 0.3) is 0 Å². The molecular weight excluding hydrogens is 856 g/mol. The van der Waals surface area contributed by atoms with Crippen molar-refractivity contribution in [3.05, 3.63) is 58.7 Å². The van der Waals surface area contributed by atoms with Crippen molar-refractivity contribution in [2.75, 3.05) is 32.6 Å². The lowest BCUT2D eigenvalue weighted by Crippen LogP contribution is -2.15. The van der Waals surface area contributed by atoms with Crippen molar-refractivity contribution < 1.29 is 36.1 Å². The molecule has 0 aromatic heterocycles. The molecular formula is C57H93F4O4P. The fraction of sp³-hybridized carbons (Fsp3) is 0.789. The largest absolute Gasteiger partial charge is 0.490 e. The quantitative estimate of drug-likeness (QED) is 0.0385. The number of hydrogen-bond acceptors (Lipinski definition) is 4. The molecule has 0 unspecified atom stereocenters. The van der Waals surface area contributed by atoms with Crippen LogP contribution in [-0.4, -0.2) is 32.6 Å². The van der Waals surface area contributed by atoms with Gasteiger partial charge in [-0.25, -0.2) is 8.78 Å². The molecule has 0 atom stereocenters. The summed E-state index contributed by atoms with van der Waals surface area (Å²) in [6, 6.07) is 6.79. The number of unbranched alkanes of at least 4 members (excludes halogenated alkanes) is 20. The van der Waals surface area contributed by atoms with E-state index >= 15 is 8.78 Å². The first-order chi connectivity index (χ1) is 32.2. The normalized spacial score (nSPS) is 19.8. The fourth-order valence-electron chi connectivity index (χ4n) is 10.9. The summed E-state index contributed by atoms with van der Waals surface area (Å²) in [5, 5.41) is 0. The maximum atomic E-state index is 15.0. The minimum Gasteiger partial charge on any atom is -0.490 e. The molecule has 0 amide bonds. The lowest BCUT2D eigenvalue weighted by Gasteiger charge is -2.29. The highest BCUT2D eigenvalue weighted by molar-refractivity contribution is 7.58. The lowest BCUT2D eigenvalue weighted by atomic mass is 9.77. The van der Waals surface area contributed by atoms with E-state index in [-0.39, 0.29) is 23.3 Å². The molecule has 2 aliphatic carbocycles. The van der Waals surface area contributed by atoms with Crippen molar-refractivity contribution in [2.24, 2.45) is 11.8 Å². The second-order valence-electron chi connectivity index (χ2n) is 20.5. The second kappa shape index (κ2) is 33.5. The lowest BCUT2D eigenvalue weighted by molar-refractivity contribution is 0.279. The highest BCUT2D eigenvalue weighted by Crippen LogP contribution is 2.48. The highest BCUT2D eigenvalue weighted by Gasteiger charge is 2.28. The third-order valence-electron chi connectivity index (χ3n) is 15.3. The molecule has 378 valence electrons. The first kappa shape index (κ1) is 56.5. The van der Waals surface area contributed by atoms with Gasteiger partial charge in [0.15, 0.2) is 23.1 Å². The molecule has 0 saturated heterocycles. The first-order valence-corrected chi connectivity index (χ1v) is 29.5. The van der Waals surface area contributed by atoms with Crippen molar-refractivity contribution in [1.29, 1.82) is 0 Å². The summed E-state index contributed by atoms with van der Waals surface area (Å²) in [6.07, 6.45) is 39.0. The molecule has 9 heteroatoms. The van der Waals surface area contributed by atoms with Crippen LogP contribution in [0, 0.1) is 35.1 Å². The molecule has 0 heterocycles. The molecule has 0 aliphatic heterocycles. The van der Waals surface area contributed by atoms with Crippen molar-refractivity contribution >= 4 is 7.37 Å². The van der Waals surface area contributed by atoms with E-state index in [4.69, 9.17) is 14.0 Å². The maximum absolute atomic E-state index is 15.0. The van der Waals surface area contributed by atoms with Crippen LogP contribution < -0.4 is 9.47 Å². The van der Waals surface area contributed by atoms with Gasteiger partial charge in [0.2, 0.25) is 19.0 Å². The molecule has 0 radical (unpaired) electrons. The minimum atomic E-state index is -2.55. The molecule has 2 aromatic rings. The van der Waals surface area contributed by atoms with E-state index in [1.807, 2.05) is 0 Å². The third-order valence-corrected chi connectivity index (χ3v) is 18.0. The van der Waals surface area contributed by atoms with E-state index in [1.54, 1.807) is 31.4 Å². The van der Waals surface area contributed by atoms with Crippen LogP contribution in [0.4, 0.5) is 17.6 Å². The van der Waals surface area contributed by atoms with E-state index in [9.17, 15) is 13.3 Å². The van der Waals surface area contributed by atoms with Crippen LogP contribution in [0.2, 0.25) is 0 Å². The van der Waals surface area contributed by atoms with Crippen LogP contribution in [0.25, 0.3) is 0 Å². The Morgan fingerprint density at radius 2 is 0.773 bits per heavy atom. The Balaban J connectivity index is 0.915. The summed E-state index contributed by atoms with van der Waals surface area (Å²) in [5.41, 5.74) is 1.06. The van der Waals surface area contributed by atoms with Gasteiger partial charge in [-0.2, -0.15) is 8.78 Å². The molecule has 2 saturated carbocycles. The van der Waals surface area contributed by atoms with Gasteiger partial charge in [-0.1, -0.05) is 167 Å². The monoisotopic (exact) mass is 949 g/mol. The molecule has 66 heavy (non-hydrogen) atoms. The maximum Gasteiger partial charge on any atom is 0.202 e. The zero-order valence-corrected chi connectivity index (χ0v) is 43.0. The van der Waals surface area contributed by atoms with E-state index in [0.29, 0.717) is 36.7 Å². The number of ether oxygens (including phenoxy) is 2. The first-order valence-electron chi connectivity index (χ1n) is 27.5. The van der Waals surface area contributed by atoms with Gasteiger partial charge in [-0.3, -0.25) is 4.57 Å². The standard InChI is InChI=1S/C57H93F4O4P/c1-4-6-22-28-46-30-34-48(35-31-46)50-38-40-52(56(60)54(50)58)64-42-24-18-14-10-8-12-16-20-26-44-66(62,63-3)45-27-21-17-13-9-11-15-19-25-43-65-53-41-39-51(55(59)57(53)61)49-36-32-47(33-37-49)29-23-7-5-2/h38-41,46-49H,4-37,42-45H2,1-3H3. The molecule has 4 nitrogen and oxygen atoms in total. The van der Waals surface area contributed by atoms with Crippen molar-refractivity contribution in [1.82, 2.24) is 0 Å². The van der Waals surface area contributed by atoms with Gasteiger partial charge in [0.1, 0.15) is 0 Å². The zero-order valence-electron chi connectivity index (χ0n) is 42.1. The predicted molar refractivity (Wildman–Crippen MR) is 269 cm³/mol. The Hall–Kier alpha value is -2.05. The highest BCUT2D eigenvalue weighted by atomic mass is 31.2. The predicted octanol–water partition coefficient (Wildman–Crippen LogP) is 19.4. The summed E-state index contributed by atoms with van der Waals surface area (Å²) < 4.78 is 90.1. The molecule has 2 aliphatic rings. The summed E-state index contributed by atoms with van der Waals surface area (Å²) in [5.74, 6) is -1.29. The van der Waals surface area contributed by atoms with Gasteiger partial charge >= 0.3 is 0 Å². The van der Waals surface area contributed by atoms with Gasteiger partial charge in [-0.05, 0) is 124 Å². The van der Waals surface area contributed by atoms with Crippen LogP contribution in [0.5, 0.6) is 11.5 Å². The number of halogens is 4. The fourth-order valence-corrected chi connectivity index (χ4v) is 12.9. The minimum absolute atomic E-state index is 0.0404. The Labute approximate surface area is 400 Å². The molecule has 0 bridgehead atoms. The van der Waals surface area contributed by atoms with E-state index in [0.717, 1.165) is 153 Å². The second-order valence-corrected chi connectivity index (χ2v) is 23.4. The Morgan fingerprint density at radius 1 is 0.439 bits per heavy atom. The van der Waals surface area contributed by atoms with Gasteiger partial charge in [0.05, 0.1) is 13.2 Å². The van der Waals surface area contributed by atoms with Crippen LogP contribution in [0.15, 0.2) is 24.3 Å². The van der Waals surface area contributed by atoms with Gasteiger partial charge in [-0.15, -0.1) is 0 Å². The zero-order chi connectivity index (χ0) is 47.2. The van der Waals surface area contributed by atoms with Gasteiger partial charge in [0, 0.05) is 19.4 Å². The van der Waals surface area contributed by atoms with Crippen LogP contribution in [-0.2, 0) is 9.09 Å². The van der Waals surface area contributed by atoms with E-state index < -0.39 is 30.6 Å². The van der Waals surface area contributed by atoms with Crippen LogP contribution in [0.3, 0.4) is 0 Å². The average Bonchev–Trinajstić information content (AvgIpc) is 3.33. The topological polar surface area (TPSA) is 44.8 Å². The average molecular weight is 949 g/mol. The summed E-state index contributed by atoms with van der Waals surface area (Å²) in [4.78, 5) is 0.